The Morgan fingerprint density at radius 1 is 1.23 bits per heavy atom. The van der Waals surface area contributed by atoms with E-state index in [0.29, 0.717) is 18.7 Å². The van der Waals surface area contributed by atoms with Gasteiger partial charge in [0.1, 0.15) is 5.75 Å². The zero-order chi connectivity index (χ0) is 18.5. The molecule has 2 heterocycles. The van der Waals surface area contributed by atoms with Crippen LogP contribution in [0.3, 0.4) is 0 Å². The summed E-state index contributed by atoms with van der Waals surface area (Å²) in [5.74, 6) is -0.203. The third-order valence-electron chi connectivity index (χ3n) is 4.72. The van der Waals surface area contributed by atoms with Crippen LogP contribution in [-0.2, 0) is 4.79 Å². The minimum atomic E-state index is -0.827. The normalized spacial score (nSPS) is 17.1. The Kier molecular flexibility index (Phi) is 5.55. The highest BCUT2D eigenvalue weighted by Gasteiger charge is 2.29. The first-order chi connectivity index (χ1) is 12.6. The fraction of sp³-hybridized carbons (Fsp3) is 0.421. The second kappa shape index (κ2) is 8.03. The zero-order valence-electron chi connectivity index (χ0n) is 14.8. The third kappa shape index (κ3) is 4.04. The fourth-order valence-corrected chi connectivity index (χ4v) is 3.32. The average molecular weight is 357 g/mol. The molecule has 2 aromatic rings. The number of methoxy groups -OCH3 is 1. The van der Waals surface area contributed by atoms with E-state index in [4.69, 9.17) is 9.84 Å². The molecule has 0 bridgehead atoms. The molecular weight excluding hydrogens is 334 g/mol. The molecule has 1 aromatic heterocycles. The molecule has 0 saturated carbocycles. The molecule has 0 aliphatic carbocycles. The maximum absolute atomic E-state index is 12.9. The lowest BCUT2D eigenvalue weighted by Gasteiger charge is -2.35. The Morgan fingerprint density at radius 2 is 2.00 bits per heavy atom. The van der Waals surface area contributed by atoms with E-state index in [0.717, 1.165) is 30.7 Å². The van der Waals surface area contributed by atoms with Crippen LogP contribution in [0, 0.1) is 0 Å². The lowest BCUT2D eigenvalue weighted by molar-refractivity contribution is -0.137. The van der Waals surface area contributed by atoms with Gasteiger partial charge >= 0.3 is 5.97 Å². The number of carbonyl (C=O) groups excluding carboxylic acids is 1. The number of rotatable bonds is 6. The van der Waals surface area contributed by atoms with Crippen molar-refractivity contribution in [3.05, 3.63) is 42.2 Å². The van der Waals surface area contributed by atoms with Gasteiger partial charge in [-0.3, -0.25) is 9.59 Å². The van der Waals surface area contributed by atoms with E-state index in [9.17, 15) is 9.59 Å². The van der Waals surface area contributed by atoms with Crippen molar-refractivity contribution in [2.45, 2.75) is 38.1 Å². The summed E-state index contributed by atoms with van der Waals surface area (Å²) in [6.07, 6.45) is 5.13. The van der Waals surface area contributed by atoms with Gasteiger partial charge in [-0.05, 0) is 56.0 Å². The highest BCUT2D eigenvalue weighted by molar-refractivity contribution is 5.92. The van der Waals surface area contributed by atoms with Crippen molar-refractivity contribution in [2.24, 2.45) is 0 Å². The standard InChI is InChI=1S/C19H23N3O4/c1-26-16-8-5-15(6-9-16)22-13-11-17(20-22)19(25)21-12-3-2-4-14(21)7-10-18(23)24/h5-6,8-9,11,13-14H,2-4,7,10,12H2,1H3,(H,23,24)/t14-/m0/s1. The second-order valence-electron chi connectivity index (χ2n) is 6.42. The fourth-order valence-electron chi connectivity index (χ4n) is 3.32. The minimum Gasteiger partial charge on any atom is -0.497 e. The number of piperidine rings is 1. The number of carboxylic acid groups (broad SMARTS) is 1. The van der Waals surface area contributed by atoms with Crippen LogP contribution in [0.15, 0.2) is 36.5 Å². The number of carboxylic acids is 1. The summed E-state index contributed by atoms with van der Waals surface area (Å²) in [7, 11) is 1.61. The van der Waals surface area contributed by atoms with Crippen molar-refractivity contribution in [2.75, 3.05) is 13.7 Å². The van der Waals surface area contributed by atoms with Gasteiger partial charge in [-0.1, -0.05) is 0 Å². The summed E-state index contributed by atoms with van der Waals surface area (Å²) in [5, 5.41) is 13.3. The number of hydrogen-bond acceptors (Lipinski definition) is 4. The van der Waals surface area contributed by atoms with E-state index in [1.54, 1.807) is 29.0 Å². The Hall–Kier alpha value is -2.83. The summed E-state index contributed by atoms with van der Waals surface area (Å²) in [6.45, 7) is 0.651. The van der Waals surface area contributed by atoms with E-state index in [1.807, 2.05) is 24.3 Å². The number of amides is 1. The van der Waals surface area contributed by atoms with Gasteiger partial charge in [-0.25, -0.2) is 4.68 Å². The molecule has 7 nitrogen and oxygen atoms in total. The molecule has 26 heavy (non-hydrogen) atoms. The average Bonchev–Trinajstić information content (AvgIpc) is 3.16. The van der Waals surface area contributed by atoms with Crippen LogP contribution in [0.1, 0.15) is 42.6 Å². The van der Waals surface area contributed by atoms with Crippen LogP contribution >= 0.6 is 0 Å². The van der Waals surface area contributed by atoms with Crippen LogP contribution in [0.2, 0.25) is 0 Å². The number of likely N-dealkylation sites (tertiary alicyclic amines) is 1. The second-order valence-corrected chi connectivity index (χ2v) is 6.42. The molecule has 1 atom stereocenters. The number of ether oxygens (including phenoxy) is 1. The predicted molar refractivity (Wildman–Crippen MR) is 95.7 cm³/mol. The maximum Gasteiger partial charge on any atom is 0.303 e. The van der Waals surface area contributed by atoms with Gasteiger partial charge in [0.25, 0.3) is 5.91 Å². The molecule has 1 N–H and O–H groups in total. The number of aromatic nitrogens is 2. The van der Waals surface area contributed by atoms with Crippen molar-refractivity contribution in [1.29, 1.82) is 0 Å². The van der Waals surface area contributed by atoms with Gasteiger partial charge in [0.05, 0.1) is 12.8 Å². The lowest BCUT2D eigenvalue weighted by Crippen LogP contribution is -2.44. The quantitative estimate of drug-likeness (QED) is 0.859. The van der Waals surface area contributed by atoms with Gasteiger partial charge in [0, 0.05) is 25.2 Å². The van der Waals surface area contributed by atoms with E-state index >= 15 is 0 Å². The Balaban J connectivity index is 1.74. The molecule has 138 valence electrons. The summed E-state index contributed by atoms with van der Waals surface area (Å²) >= 11 is 0. The number of carbonyl (C=O) groups is 2. The molecule has 1 aromatic carbocycles. The van der Waals surface area contributed by atoms with Crippen LogP contribution in [0.4, 0.5) is 0 Å². The molecule has 1 aliphatic heterocycles. The van der Waals surface area contributed by atoms with Gasteiger partial charge < -0.3 is 14.7 Å². The minimum absolute atomic E-state index is 0.0292. The summed E-state index contributed by atoms with van der Waals surface area (Å²) in [6, 6.07) is 9.09. The number of benzene rings is 1. The molecular formula is C19H23N3O4. The Morgan fingerprint density at radius 3 is 2.69 bits per heavy atom. The molecule has 1 aliphatic rings. The topological polar surface area (TPSA) is 84.7 Å². The molecule has 0 radical (unpaired) electrons. The first-order valence-electron chi connectivity index (χ1n) is 8.81. The molecule has 0 unspecified atom stereocenters. The Bertz CT molecular complexity index is 769. The van der Waals surface area contributed by atoms with E-state index in [1.165, 1.54) is 0 Å². The maximum atomic E-state index is 12.9. The van der Waals surface area contributed by atoms with Crippen molar-refractivity contribution in [1.82, 2.24) is 14.7 Å². The summed E-state index contributed by atoms with van der Waals surface area (Å²) in [5.41, 5.74) is 1.22. The first kappa shape index (κ1) is 18.0. The van der Waals surface area contributed by atoms with Gasteiger partial charge in [-0.2, -0.15) is 5.10 Å². The SMILES string of the molecule is COc1ccc(-n2ccc(C(=O)N3CCCC[C@H]3CCC(=O)O)n2)cc1. The largest absolute Gasteiger partial charge is 0.497 e. The van der Waals surface area contributed by atoms with Gasteiger partial charge in [0.2, 0.25) is 0 Å². The van der Waals surface area contributed by atoms with Crippen molar-refractivity contribution in [3.63, 3.8) is 0 Å². The van der Waals surface area contributed by atoms with Crippen LogP contribution in [0.5, 0.6) is 5.75 Å². The van der Waals surface area contributed by atoms with Crippen molar-refractivity contribution < 1.29 is 19.4 Å². The van der Waals surface area contributed by atoms with Crippen LogP contribution < -0.4 is 4.74 Å². The molecule has 7 heteroatoms. The van der Waals surface area contributed by atoms with Gasteiger partial charge in [0.15, 0.2) is 5.69 Å². The number of aliphatic carboxylic acids is 1. The number of nitrogens with zero attached hydrogens (tertiary/aromatic N) is 3. The van der Waals surface area contributed by atoms with Crippen molar-refractivity contribution in [3.8, 4) is 11.4 Å². The Labute approximate surface area is 152 Å². The third-order valence-corrected chi connectivity index (χ3v) is 4.72. The predicted octanol–water partition coefficient (Wildman–Crippen LogP) is 2.74. The van der Waals surface area contributed by atoms with E-state index < -0.39 is 5.97 Å². The molecule has 1 fully saturated rings. The van der Waals surface area contributed by atoms with Crippen LogP contribution in [0.25, 0.3) is 5.69 Å². The smallest absolute Gasteiger partial charge is 0.303 e. The molecule has 1 amide bonds. The van der Waals surface area contributed by atoms with Crippen LogP contribution in [-0.4, -0.2) is 51.4 Å². The lowest BCUT2D eigenvalue weighted by atomic mass is 9.97. The monoisotopic (exact) mass is 357 g/mol. The highest BCUT2D eigenvalue weighted by atomic mass is 16.5. The molecule has 0 spiro atoms. The number of hydrogen-bond donors (Lipinski definition) is 1. The highest BCUT2D eigenvalue weighted by Crippen LogP contribution is 2.23. The summed E-state index contributed by atoms with van der Waals surface area (Å²) in [4.78, 5) is 25.5. The van der Waals surface area contributed by atoms with E-state index in [-0.39, 0.29) is 18.4 Å². The first-order valence-corrected chi connectivity index (χ1v) is 8.81. The molecule has 1 saturated heterocycles. The van der Waals surface area contributed by atoms with Gasteiger partial charge in [-0.15, -0.1) is 0 Å². The summed E-state index contributed by atoms with van der Waals surface area (Å²) < 4.78 is 6.80. The molecule has 3 rings (SSSR count). The van der Waals surface area contributed by atoms with E-state index in [2.05, 4.69) is 5.10 Å². The van der Waals surface area contributed by atoms with Crippen molar-refractivity contribution >= 4 is 11.9 Å². The zero-order valence-corrected chi connectivity index (χ0v) is 14.8.